The molecule has 2 aromatic rings. The topological polar surface area (TPSA) is 52.6 Å². The predicted octanol–water partition coefficient (Wildman–Crippen LogP) is 3.00. The largest absolute Gasteiger partial charge is 0.496 e. The van der Waals surface area contributed by atoms with Crippen LogP contribution in [0.15, 0.2) is 48.5 Å². The van der Waals surface area contributed by atoms with Crippen molar-refractivity contribution in [3.05, 3.63) is 65.2 Å². The van der Waals surface area contributed by atoms with Gasteiger partial charge in [-0.05, 0) is 31.2 Å². The molecule has 0 heterocycles. The van der Waals surface area contributed by atoms with E-state index in [4.69, 9.17) is 9.47 Å². The summed E-state index contributed by atoms with van der Waals surface area (Å²) in [6.45, 7) is 1.84. The standard InChI is InChI=1S/C16H14O4/c1-11-8-9-14(19-2)13(10-11)16(18)20-15(17)12-6-4-3-5-7-12/h3-10H,1-2H3. The lowest BCUT2D eigenvalue weighted by Gasteiger charge is -2.08. The zero-order chi connectivity index (χ0) is 14.5. The normalized spacial score (nSPS) is 9.90. The van der Waals surface area contributed by atoms with Crippen LogP contribution in [0.2, 0.25) is 0 Å². The molecule has 0 aliphatic heterocycles. The molecular formula is C16H14O4. The van der Waals surface area contributed by atoms with Gasteiger partial charge in [-0.3, -0.25) is 0 Å². The molecule has 0 radical (unpaired) electrons. The molecule has 0 amide bonds. The summed E-state index contributed by atoms with van der Waals surface area (Å²) in [4.78, 5) is 23.9. The zero-order valence-electron chi connectivity index (χ0n) is 11.3. The Balaban J connectivity index is 2.21. The number of methoxy groups -OCH3 is 1. The van der Waals surface area contributed by atoms with Gasteiger partial charge in [0.25, 0.3) is 0 Å². The minimum absolute atomic E-state index is 0.233. The van der Waals surface area contributed by atoms with Crippen molar-refractivity contribution in [2.45, 2.75) is 6.92 Å². The van der Waals surface area contributed by atoms with Gasteiger partial charge in [0.1, 0.15) is 11.3 Å². The molecule has 0 fully saturated rings. The number of hydrogen-bond donors (Lipinski definition) is 0. The van der Waals surface area contributed by atoms with E-state index < -0.39 is 11.9 Å². The second kappa shape index (κ2) is 6.02. The highest BCUT2D eigenvalue weighted by atomic mass is 16.6. The third-order valence-electron chi connectivity index (χ3n) is 2.77. The summed E-state index contributed by atoms with van der Waals surface area (Å²) >= 11 is 0. The van der Waals surface area contributed by atoms with E-state index in [-0.39, 0.29) is 5.56 Å². The lowest BCUT2D eigenvalue weighted by atomic mass is 10.1. The minimum Gasteiger partial charge on any atom is -0.496 e. The SMILES string of the molecule is COc1ccc(C)cc1C(=O)OC(=O)c1ccccc1. The Labute approximate surface area is 116 Å². The van der Waals surface area contributed by atoms with E-state index in [0.29, 0.717) is 11.3 Å². The van der Waals surface area contributed by atoms with Crippen molar-refractivity contribution in [1.82, 2.24) is 0 Å². The predicted molar refractivity (Wildman–Crippen MR) is 73.9 cm³/mol. The maximum atomic E-state index is 12.0. The fourth-order valence-corrected chi connectivity index (χ4v) is 1.75. The maximum absolute atomic E-state index is 12.0. The van der Waals surface area contributed by atoms with Crippen LogP contribution in [0, 0.1) is 6.92 Å². The molecule has 0 aromatic heterocycles. The van der Waals surface area contributed by atoms with Crippen LogP contribution in [0.1, 0.15) is 26.3 Å². The number of rotatable bonds is 3. The van der Waals surface area contributed by atoms with Gasteiger partial charge in [-0.2, -0.15) is 0 Å². The molecule has 4 heteroatoms. The van der Waals surface area contributed by atoms with Gasteiger partial charge in [-0.25, -0.2) is 9.59 Å². The molecule has 2 aromatic carbocycles. The van der Waals surface area contributed by atoms with Crippen molar-refractivity contribution in [3.63, 3.8) is 0 Å². The molecule has 2 rings (SSSR count). The molecule has 0 atom stereocenters. The molecule has 0 bridgehead atoms. The van der Waals surface area contributed by atoms with E-state index in [1.807, 2.05) is 13.0 Å². The van der Waals surface area contributed by atoms with Gasteiger partial charge in [0.05, 0.1) is 12.7 Å². The number of hydrogen-bond acceptors (Lipinski definition) is 4. The Morgan fingerprint density at radius 3 is 2.30 bits per heavy atom. The van der Waals surface area contributed by atoms with Gasteiger partial charge in [0.15, 0.2) is 0 Å². The average Bonchev–Trinajstić information content (AvgIpc) is 2.48. The molecule has 0 aliphatic rings. The molecule has 20 heavy (non-hydrogen) atoms. The van der Waals surface area contributed by atoms with Crippen molar-refractivity contribution in [2.24, 2.45) is 0 Å². The monoisotopic (exact) mass is 270 g/mol. The zero-order valence-corrected chi connectivity index (χ0v) is 11.3. The van der Waals surface area contributed by atoms with Crippen molar-refractivity contribution in [3.8, 4) is 5.75 Å². The summed E-state index contributed by atoms with van der Waals surface area (Å²) in [5.41, 5.74) is 1.44. The first-order valence-corrected chi connectivity index (χ1v) is 6.08. The lowest BCUT2D eigenvalue weighted by Crippen LogP contribution is -2.13. The van der Waals surface area contributed by atoms with Crippen molar-refractivity contribution < 1.29 is 19.1 Å². The van der Waals surface area contributed by atoms with Crippen LogP contribution < -0.4 is 4.74 Å². The summed E-state index contributed by atoms with van der Waals surface area (Å²) in [6.07, 6.45) is 0. The fourth-order valence-electron chi connectivity index (χ4n) is 1.75. The van der Waals surface area contributed by atoms with Crippen molar-refractivity contribution >= 4 is 11.9 Å². The number of carbonyl (C=O) groups is 2. The van der Waals surface area contributed by atoms with Gasteiger partial charge >= 0.3 is 11.9 Å². The average molecular weight is 270 g/mol. The first kappa shape index (κ1) is 13.8. The summed E-state index contributed by atoms with van der Waals surface area (Å²) < 4.78 is 9.96. The Morgan fingerprint density at radius 1 is 0.950 bits per heavy atom. The van der Waals surface area contributed by atoms with Crippen molar-refractivity contribution in [2.75, 3.05) is 7.11 Å². The quantitative estimate of drug-likeness (QED) is 0.635. The maximum Gasteiger partial charge on any atom is 0.349 e. The van der Waals surface area contributed by atoms with E-state index >= 15 is 0 Å². The van der Waals surface area contributed by atoms with Crippen molar-refractivity contribution in [1.29, 1.82) is 0 Å². The first-order chi connectivity index (χ1) is 9.61. The van der Waals surface area contributed by atoms with E-state index in [1.54, 1.807) is 42.5 Å². The second-order valence-corrected chi connectivity index (χ2v) is 4.25. The van der Waals surface area contributed by atoms with E-state index in [9.17, 15) is 9.59 Å². The molecule has 102 valence electrons. The highest BCUT2D eigenvalue weighted by Gasteiger charge is 2.18. The van der Waals surface area contributed by atoms with Crippen LogP contribution >= 0.6 is 0 Å². The van der Waals surface area contributed by atoms with Gasteiger partial charge in [0, 0.05) is 0 Å². The molecule has 0 N–H and O–H groups in total. The third kappa shape index (κ3) is 3.03. The van der Waals surface area contributed by atoms with E-state index in [1.165, 1.54) is 7.11 Å². The van der Waals surface area contributed by atoms with E-state index in [0.717, 1.165) is 5.56 Å². The summed E-state index contributed by atoms with van der Waals surface area (Å²) in [7, 11) is 1.46. The highest BCUT2D eigenvalue weighted by Crippen LogP contribution is 2.21. The molecule has 0 saturated heterocycles. The van der Waals surface area contributed by atoms with Gasteiger partial charge < -0.3 is 9.47 Å². The Kier molecular flexibility index (Phi) is 4.15. The number of aryl methyl sites for hydroxylation is 1. The Morgan fingerprint density at radius 2 is 1.65 bits per heavy atom. The Bertz CT molecular complexity index is 632. The molecular weight excluding hydrogens is 256 g/mol. The third-order valence-corrected chi connectivity index (χ3v) is 2.77. The number of carbonyl (C=O) groups excluding carboxylic acids is 2. The Hall–Kier alpha value is -2.62. The van der Waals surface area contributed by atoms with Gasteiger partial charge in [-0.1, -0.05) is 29.8 Å². The first-order valence-electron chi connectivity index (χ1n) is 6.08. The lowest BCUT2D eigenvalue weighted by molar-refractivity contribution is 0.0396. The van der Waals surface area contributed by atoms with Crippen LogP contribution in [0.4, 0.5) is 0 Å². The fraction of sp³-hybridized carbons (Fsp3) is 0.125. The molecule has 0 spiro atoms. The van der Waals surface area contributed by atoms with E-state index in [2.05, 4.69) is 0 Å². The molecule has 0 aliphatic carbocycles. The highest BCUT2D eigenvalue weighted by molar-refractivity contribution is 6.03. The van der Waals surface area contributed by atoms with Crippen LogP contribution in [-0.4, -0.2) is 19.0 Å². The van der Waals surface area contributed by atoms with Crippen LogP contribution in [0.5, 0.6) is 5.75 Å². The second-order valence-electron chi connectivity index (χ2n) is 4.25. The molecule has 0 unspecified atom stereocenters. The summed E-state index contributed by atoms with van der Waals surface area (Å²) in [6, 6.07) is 13.5. The summed E-state index contributed by atoms with van der Waals surface area (Å²) in [5.74, 6) is -1.03. The number of esters is 2. The smallest absolute Gasteiger partial charge is 0.349 e. The van der Waals surface area contributed by atoms with Crippen LogP contribution in [0.3, 0.4) is 0 Å². The van der Waals surface area contributed by atoms with Crippen LogP contribution in [-0.2, 0) is 4.74 Å². The number of ether oxygens (including phenoxy) is 2. The molecule has 0 saturated carbocycles. The number of benzene rings is 2. The molecule has 4 nitrogen and oxygen atoms in total. The summed E-state index contributed by atoms with van der Waals surface area (Å²) in [5, 5.41) is 0. The van der Waals surface area contributed by atoms with Crippen LogP contribution in [0.25, 0.3) is 0 Å². The van der Waals surface area contributed by atoms with Gasteiger partial charge in [0.2, 0.25) is 0 Å². The van der Waals surface area contributed by atoms with Gasteiger partial charge in [-0.15, -0.1) is 0 Å². The minimum atomic E-state index is -0.723.